The molecule has 1 aromatic carbocycles. The van der Waals surface area contributed by atoms with Gasteiger partial charge in [0.15, 0.2) is 0 Å². The number of amides is 1. The Labute approximate surface area is 95.4 Å². The largest absolute Gasteiger partial charge is 0.307 e. The van der Waals surface area contributed by atoms with Crippen LogP contribution in [0.25, 0.3) is 0 Å². The van der Waals surface area contributed by atoms with Gasteiger partial charge in [0.1, 0.15) is 0 Å². The summed E-state index contributed by atoms with van der Waals surface area (Å²) in [6.45, 7) is 3.54. The third-order valence-electron chi connectivity index (χ3n) is 3.66. The van der Waals surface area contributed by atoms with Gasteiger partial charge < -0.3 is 10.2 Å². The van der Waals surface area contributed by atoms with Crippen molar-refractivity contribution < 1.29 is 4.79 Å². The first kappa shape index (κ1) is 9.85. The second kappa shape index (κ2) is 3.59. The van der Waals surface area contributed by atoms with Gasteiger partial charge in [0.2, 0.25) is 5.91 Å². The zero-order valence-electron chi connectivity index (χ0n) is 9.49. The van der Waals surface area contributed by atoms with Crippen molar-refractivity contribution in [3.05, 3.63) is 29.3 Å². The fourth-order valence-corrected chi connectivity index (χ4v) is 2.84. The van der Waals surface area contributed by atoms with E-state index in [0.717, 1.165) is 25.1 Å². The standard InChI is InChI=1S/C13H16N2O/c1-9-3-2-4-12-11(9)6-5-10-7-14-8-13(16)15(10)12/h2-4,10,14H,5-8H2,1H3. The van der Waals surface area contributed by atoms with Gasteiger partial charge in [-0.2, -0.15) is 0 Å². The van der Waals surface area contributed by atoms with E-state index in [1.165, 1.54) is 11.1 Å². The Hall–Kier alpha value is -1.35. The number of fused-ring (bicyclic) bond motifs is 3. The third kappa shape index (κ3) is 1.35. The zero-order chi connectivity index (χ0) is 11.1. The molecule has 1 aromatic rings. The van der Waals surface area contributed by atoms with Crippen LogP contribution in [-0.2, 0) is 11.2 Å². The van der Waals surface area contributed by atoms with Crippen LogP contribution in [0.15, 0.2) is 18.2 Å². The second-order valence-corrected chi connectivity index (χ2v) is 4.66. The molecule has 3 rings (SSSR count). The smallest absolute Gasteiger partial charge is 0.241 e. The van der Waals surface area contributed by atoms with Crippen LogP contribution in [0.3, 0.4) is 0 Å². The zero-order valence-corrected chi connectivity index (χ0v) is 9.49. The van der Waals surface area contributed by atoms with Crippen LogP contribution in [0.1, 0.15) is 17.5 Å². The molecule has 0 aromatic heterocycles. The third-order valence-corrected chi connectivity index (χ3v) is 3.66. The second-order valence-electron chi connectivity index (χ2n) is 4.66. The number of carbonyl (C=O) groups is 1. The molecule has 0 bridgehead atoms. The van der Waals surface area contributed by atoms with Crippen molar-refractivity contribution >= 4 is 11.6 Å². The average Bonchev–Trinajstić information content (AvgIpc) is 2.29. The van der Waals surface area contributed by atoms with Crippen molar-refractivity contribution in [2.45, 2.75) is 25.8 Å². The molecule has 1 N–H and O–H groups in total. The van der Waals surface area contributed by atoms with Gasteiger partial charge in [-0.25, -0.2) is 0 Å². The quantitative estimate of drug-likeness (QED) is 0.708. The monoisotopic (exact) mass is 216 g/mol. The highest BCUT2D eigenvalue weighted by atomic mass is 16.2. The lowest BCUT2D eigenvalue weighted by Gasteiger charge is -2.41. The Bertz CT molecular complexity index is 442. The van der Waals surface area contributed by atoms with E-state index in [0.29, 0.717) is 12.6 Å². The topological polar surface area (TPSA) is 32.3 Å². The minimum absolute atomic E-state index is 0.211. The molecule has 1 saturated heterocycles. The normalized spacial score (nSPS) is 23.9. The van der Waals surface area contributed by atoms with Crippen LogP contribution in [0, 0.1) is 6.92 Å². The van der Waals surface area contributed by atoms with E-state index in [4.69, 9.17) is 0 Å². The van der Waals surface area contributed by atoms with Crippen LogP contribution >= 0.6 is 0 Å². The molecular weight excluding hydrogens is 200 g/mol. The number of hydrogen-bond acceptors (Lipinski definition) is 2. The first-order valence-electron chi connectivity index (χ1n) is 5.88. The minimum atomic E-state index is 0.211. The molecule has 0 aliphatic carbocycles. The highest BCUT2D eigenvalue weighted by Gasteiger charge is 2.33. The number of nitrogens with zero attached hydrogens (tertiary/aromatic N) is 1. The van der Waals surface area contributed by atoms with Crippen LogP contribution in [-0.4, -0.2) is 25.0 Å². The SMILES string of the molecule is Cc1cccc2c1CCC1CNCC(=O)N21. The van der Waals surface area contributed by atoms with Gasteiger partial charge in [-0.15, -0.1) is 0 Å². The van der Waals surface area contributed by atoms with E-state index in [9.17, 15) is 4.79 Å². The summed E-state index contributed by atoms with van der Waals surface area (Å²) in [5, 5.41) is 3.19. The Morgan fingerprint density at radius 1 is 1.44 bits per heavy atom. The first-order valence-corrected chi connectivity index (χ1v) is 5.88. The summed E-state index contributed by atoms with van der Waals surface area (Å²) >= 11 is 0. The molecule has 1 amide bonds. The van der Waals surface area contributed by atoms with Crippen LogP contribution in [0.2, 0.25) is 0 Å². The summed E-state index contributed by atoms with van der Waals surface area (Å²) in [5.41, 5.74) is 3.80. The van der Waals surface area contributed by atoms with Crippen LogP contribution < -0.4 is 10.2 Å². The summed E-state index contributed by atoms with van der Waals surface area (Å²) in [4.78, 5) is 14.0. The average molecular weight is 216 g/mol. The lowest BCUT2D eigenvalue weighted by atomic mass is 9.91. The molecule has 1 fully saturated rings. The van der Waals surface area contributed by atoms with E-state index < -0.39 is 0 Å². The fourth-order valence-electron chi connectivity index (χ4n) is 2.84. The van der Waals surface area contributed by atoms with Crippen LogP contribution in [0.4, 0.5) is 5.69 Å². The molecular formula is C13H16N2O. The maximum absolute atomic E-state index is 12.0. The number of nitrogens with one attached hydrogen (secondary N) is 1. The Morgan fingerprint density at radius 2 is 2.31 bits per heavy atom. The number of aryl methyl sites for hydroxylation is 1. The van der Waals surface area contributed by atoms with E-state index in [2.05, 4.69) is 24.4 Å². The summed E-state index contributed by atoms with van der Waals surface area (Å²) in [5.74, 6) is 0.211. The molecule has 2 heterocycles. The molecule has 3 nitrogen and oxygen atoms in total. The maximum Gasteiger partial charge on any atom is 0.241 e. The number of benzene rings is 1. The van der Waals surface area contributed by atoms with Gasteiger partial charge in [0, 0.05) is 18.3 Å². The molecule has 16 heavy (non-hydrogen) atoms. The Kier molecular flexibility index (Phi) is 2.21. The predicted octanol–water partition coefficient (Wildman–Crippen LogP) is 1.25. The molecule has 3 heteroatoms. The number of rotatable bonds is 0. The molecule has 2 aliphatic heterocycles. The van der Waals surface area contributed by atoms with E-state index >= 15 is 0 Å². The van der Waals surface area contributed by atoms with Crippen molar-refractivity contribution in [2.24, 2.45) is 0 Å². The fraction of sp³-hybridized carbons (Fsp3) is 0.462. The maximum atomic E-state index is 12.0. The number of carbonyl (C=O) groups excluding carboxylic acids is 1. The van der Waals surface area contributed by atoms with E-state index in [1.54, 1.807) is 0 Å². The van der Waals surface area contributed by atoms with Crippen molar-refractivity contribution in [3.63, 3.8) is 0 Å². The molecule has 0 spiro atoms. The molecule has 1 atom stereocenters. The Balaban J connectivity index is 2.09. The minimum Gasteiger partial charge on any atom is -0.307 e. The van der Waals surface area contributed by atoms with E-state index in [1.807, 2.05) is 11.0 Å². The van der Waals surface area contributed by atoms with Crippen molar-refractivity contribution in [1.29, 1.82) is 0 Å². The van der Waals surface area contributed by atoms with Crippen molar-refractivity contribution in [2.75, 3.05) is 18.0 Å². The lowest BCUT2D eigenvalue weighted by Crippen LogP contribution is -2.56. The molecule has 0 radical (unpaired) electrons. The Morgan fingerprint density at radius 3 is 3.19 bits per heavy atom. The summed E-state index contributed by atoms with van der Waals surface area (Å²) in [6, 6.07) is 6.62. The molecule has 2 aliphatic rings. The van der Waals surface area contributed by atoms with Gasteiger partial charge in [-0.3, -0.25) is 4.79 Å². The van der Waals surface area contributed by atoms with E-state index in [-0.39, 0.29) is 5.91 Å². The summed E-state index contributed by atoms with van der Waals surface area (Å²) in [7, 11) is 0. The van der Waals surface area contributed by atoms with Gasteiger partial charge in [-0.05, 0) is 37.0 Å². The molecule has 1 unspecified atom stereocenters. The van der Waals surface area contributed by atoms with Gasteiger partial charge in [-0.1, -0.05) is 12.1 Å². The molecule has 84 valence electrons. The molecule has 0 saturated carbocycles. The highest BCUT2D eigenvalue weighted by molar-refractivity contribution is 5.97. The number of piperazine rings is 1. The van der Waals surface area contributed by atoms with Gasteiger partial charge in [0.05, 0.1) is 6.54 Å². The highest BCUT2D eigenvalue weighted by Crippen LogP contribution is 2.33. The lowest BCUT2D eigenvalue weighted by molar-refractivity contribution is -0.119. The summed E-state index contributed by atoms with van der Waals surface area (Å²) in [6.07, 6.45) is 2.18. The van der Waals surface area contributed by atoms with Gasteiger partial charge in [0.25, 0.3) is 0 Å². The number of anilines is 1. The number of hydrogen-bond donors (Lipinski definition) is 1. The van der Waals surface area contributed by atoms with Gasteiger partial charge >= 0.3 is 0 Å². The summed E-state index contributed by atoms with van der Waals surface area (Å²) < 4.78 is 0. The van der Waals surface area contributed by atoms with Crippen molar-refractivity contribution in [1.82, 2.24) is 5.32 Å². The predicted molar refractivity (Wildman–Crippen MR) is 63.6 cm³/mol. The van der Waals surface area contributed by atoms with Crippen LogP contribution in [0.5, 0.6) is 0 Å². The first-order chi connectivity index (χ1) is 7.77. The van der Waals surface area contributed by atoms with Crippen molar-refractivity contribution in [3.8, 4) is 0 Å².